The molecule has 0 fully saturated rings. The molecule has 2 aromatic carbocycles. The van der Waals surface area contributed by atoms with Crippen LogP contribution in [-0.4, -0.2) is 33.1 Å². The summed E-state index contributed by atoms with van der Waals surface area (Å²) in [5.41, 5.74) is 1.93. The van der Waals surface area contributed by atoms with Gasteiger partial charge in [-0.05, 0) is 81.4 Å². The third-order valence-corrected chi connectivity index (χ3v) is 5.11. The van der Waals surface area contributed by atoms with Crippen molar-refractivity contribution in [3.63, 3.8) is 0 Å². The standard InChI is InChI=1S/C27H26FN5O4/c1-27(2,3)37-26(36)32-25-21-13-15-33(22(21)12-14-29-25)20-10-8-19(9-11-20)31-24(35)16-23(34)30-18-6-4-17(28)5-7-18/h4-15H,16H2,1-3H3,(H,30,34)(H,31,35)(H,29,32,36). The Hall–Kier alpha value is -4.73. The van der Waals surface area contributed by atoms with E-state index in [0.717, 1.165) is 16.6 Å². The van der Waals surface area contributed by atoms with Crippen LogP contribution in [0.15, 0.2) is 73.1 Å². The van der Waals surface area contributed by atoms with Gasteiger partial charge < -0.3 is 19.9 Å². The molecular formula is C27H26FN5O4. The molecule has 9 nitrogen and oxygen atoms in total. The van der Waals surface area contributed by atoms with Crippen LogP contribution < -0.4 is 16.0 Å². The van der Waals surface area contributed by atoms with Gasteiger partial charge in [-0.15, -0.1) is 0 Å². The smallest absolute Gasteiger partial charge is 0.413 e. The van der Waals surface area contributed by atoms with Crippen molar-refractivity contribution in [2.24, 2.45) is 0 Å². The van der Waals surface area contributed by atoms with Gasteiger partial charge in [0.15, 0.2) is 0 Å². The largest absolute Gasteiger partial charge is 0.444 e. The van der Waals surface area contributed by atoms with Gasteiger partial charge in [0.1, 0.15) is 23.7 Å². The molecular weight excluding hydrogens is 477 g/mol. The number of nitrogens with zero attached hydrogens (tertiary/aromatic N) is 2. The number of pyridine rings is 1. The maximum Gasteiger partial charge on any atom is 0.413 e. The van der Waals surface area contributed by atoms with E-state index >= 15 is 0 Å². The minimum Gasteiger partial charge on any atom is -0.444 e. The van der Waals surface area contributed by atoms with Crippen molar-refractivity contribution in [3.8, 4) is 5.69 Å². The molecule has 4 rings (SSSR count). The number of anilines is 3. The van der Waals surface area contributed by atoms with Gasteiger partial charge in [-0.2, -0.15) is 0 Å². The number of carbonyl (C=O) groups is 3. The van der Waals surface area contributed by atoms with E-state index in [1.807, 2.05) is 35.0 Å². The summed E-state index contributed by atoms with van der Waals surface area (Å²) in [6.45, 7) is 5.35. The molecule has 0 aliphatic rings. The zero-order valence-corrected chi connectivity index (χ0v) is 20.5. The summed E-state index contributed by atoms with van der Waals surface area (Å²) in [7, 11) is 0. The Morgan fingerprint density at radius 1 is 0.865 bits per heavy atom. The summed E-state index contributed by atoms with van der Waals surface area (Å²) >= 11 is 0. The molecule has 190 valence electrons. The van der Waals surface area contributed by atoms with Gasteiger partial charge in [0.2, 0.25) is 11.8 Å². The van der Waals surface area contributed by atoms with Gasteiger partial charge in [0.25, 0.3) is 0 Å². The second-order valence-corrected chi connectivity index (χ2v) is 9.23. The van der Waals surface area contributed by atoms with Crippen LogP contribution in [-0.2, 0) is 14.3 Å². The average molecular weight is 504 g/mol. The Morgan fingerprint density at radius 2 is 1.46 bits per heavy atom. The second-order valence-electron chi connectivity index (χ2n) is 9.23. The topological polar surface area (TPSA) is 114 Å². The normalized spacial score (nSPS) is 11.1. The molecule has 0 aliphatic carbocycles. The number of rotatable bonds is 6. The SMILES string of the molecule is CC(C)(C)OC(=O)Nc1nccc2c1ccn2-c1ccc(NC(=O)CC(=O)Nc2ccc(F)cc2)cc1. The Kier molecular flexibility index (Phi) is 7.19. The molecule has 2 heterocycles. The van der Waals surface area contributed by atoms with Crippen LogP contribution in [0.2, 0.25) is 0 Å². The third-order valence-electron chi connectivity index (χ3n) is 5.11. The first-order valence-corrected chi connectivity index (χ1v) is 11.5. The van der Waals surface area contributed by atoms with E-state index in [-0.39, 0.29) is 6.42 Å². The molecule has 0 saturated heterocycles. The summed E-state index contributed by atoms with van der Waals surface area (Å²) in [5, 5.41) is 8.66. The molecule has 3 N–H and O–H groups in total. The number of hydrogen-bond donors (Lipinski definition) is 3. The predicted octanol–water partition coefficient (Wildman–Crippen LogP) is 5.48. The van der Waals surface area contributed by atoms with Gasteiger partial charge in [0.05, 0.1) is 5.52 Å². The highest BCUT2D eigenvalue weighted by molar-refractivity contribution is 6.08. The van der Waals surface area contributed by atoms with Crippen molar-refractivity contribution >= 4 is 46.0 Å². The summed E-state index contributed by atoms with van der Waals surface area (Å²) in [5.74, 6) is -1.03. The fourth-order valence-corrected chi connectivity index (χ4v) is 3.59. The van der Waals surface area contributed by atoms with E-state index in [2.05, 4.69) is 20.9 Å². The molecule has 0 aliphatic heterocycles. The molecule has 0 atom stereocenters. The van der Waals surface area contributed by atoms with E-state index in [1.165, 1.54) is 24.3 Å². The van der Waals surface area contributed by atoms with E-state index < -0.39 is 29.3 Å². The summed E-state index contributed by atoms with van der Waals surface area (Å²) in [6, 6.07) is 16.0. The molecule has 37 heavy (non-hydrogen) atoms. The summed E-state index contributed by atoms with van der Waals surface area (Å²) < 4.78 is 20.2. The van der Waals surface area contributed by atoms with Crippen LogP contribution in [0.4, 0.5) is 26.4 Å². The minimum atomic E-state index is -0.631. The first kappa shape index (κ1) is 25.4. The lowest BCUT2D eigenvalue weighted by Crippen LogP contribution is -2.27. The molecule has 10 heteroatoms. The maximum absolute atomic E-state index is 13.0. The first-order chi connectivity index (χ1) is 17.6. The Balaban J connectivity index is 1.40. The van der Waals surface area contributed by atoms with Crippen LogP contribution >= 0.6 is 0 Å². The highest BCUT2D eigenvalue weighted by Gasteiger charge is 2.18. The monoisotopic (exact) mass is 503 g/mol. The van der Waals surface area contributed by atoms with Crippen molar-refractivity contribution in [2.75, 3.05) is 16.0 Å². The lowest BCUT2D eigenvalue weighted by atomic mass is 10.2. The van der Waals surface area contributed by atoms with Crippen LogP contribution in [0.1, 0.15) is 27.2 Å². The van der Waals surface area contributed by atoms with Gasteiger partial charge in [0, 0.05) is 34.8 Å². The highest BCUT2D eigenvalue weighted by Crippen LogP contribution is 2.26. The van der Waals surface area contributed by atoms with E-state index in [1.54, 1.807) is 39.1 Å². The summed E-state index contributed by atoms with van der Waals surface area (Å²) in [6.07, 6.45) is 2.46. The van der Waals surface area contributed by atoms with Gasteiger partial charge >= 0.3 is 6.09 Å². The number of hydrogen-bond acceptors (Lipinski definition) is 5. The van der Waals surface area contributed by atoms with Crippen LogP contribution in [0, 0.1) is 5.82 Å². The number of halogens is 1. The minimum absolute atomic E-state index is 0.383. The van der Waals surface area contributed by atoms with Gasteiger partial charge in [-0.3, -0.25) is 14.9 Å². The van der Waals surface area contributed by atoms with Gasteiger partial charge in [-0.25, -0.2) is 14.2 Å². The number of aromatic nitrogens is 2. The molecule has 0 unspecified atom stereocenters. The van der Waals surface area contributed by atoms with Crippen molar-refractivity contribution in [1.29, 1.82) is 0 Å². The van der Waals surface area contributed by atoms with Crippen molar-refractivity contribution < 1.29 is 23.5 Å². The quantitative estimate of drug-likeness (QED) is 0.302. The average Bonchev–Trinajstić information content (AvgIpc) is 3.25. The summed E-state index contributed by atoms with van der Waals surface area (Å²) in [4.78, 5) is 40.8. The molecule has 0 bridgehead atoms. The molecule has 4 aromatic rings. The van der Waals surface area contributed by atoms with E-state index in [9.17, 15) is 18.8 Å². The first-order valence-electron chi connectivity index (χ1n) is 11.5. The van der Waals surface area contributed by atoms with Crippen molar-refractivity contribution in [3.05, 3.63) is 78.9 Å². The predicted molar refractivity (Wildman–Crippen MR) is 139 cm³/mol. The Morgan fingerprint density at radius 3 is 2.05 bits per heavy atom. The third kappa shape index (κ3) is 6.69. The number of amides is 3. The number of nitrogens with one attached hydrogen (secondary N) is 3. The van der Waals surface area contributed by atoms with Crippen molar-refractivity contribution in [2.45, 2.75) is 32.8 Å². The lowest BCUT2D eigenvalue weighted by molar-refractivity contribution is -0.123. The lowest BCUT2D eigenvalue weighted by Gasteiger charge is -2.19. The second kappa shape index (κ2) is 10.5. The zero-order chi connectivity index (χ0) is 26.6. The van der Waals surface area contributed by atoms with Crippen LogP contribution in [0.3, 0.4) is 0 Å². The highest BCUT2D eigenvalue weighted by atomic mass is 19.1. The molecule has 2 aromatic heterocycles. The maximum atomic E-state index is 13.0. The van der Waals surface area contributed by atoms with Gasteiger partial charge in [-0.1, -0.05) is 0 Å². The Bertz CT molecular complexity index is 1440. The fourth-order valence-electron chi connectivity index (χ4n) is 3.59. The number of carbonyl (C=O) groups excluding carboxylic acids is 3. The fraction of sp³-hybridized carbons (Fsp3) is 0.185. The van der Waals surface area contributed by atoms with Crippen LogP contribution in [0.25, 0.3) is 16.6 Å². The van der Waals surface area contributed by atoms with E-state index in [4.69, 9.17) is 4.74 Å². The number of fused-ring (bicyclic) bond motifs is 1. The Labute approximate surface area is 212 Å². The molecule has 0 spiro atoms. The molecule has 0 radical (unpaired) electrons. The van der Waals surface area contributed by atoms with E-state index in [0.29, 0.717) is 17.2 Å². The zero-order valence-electron chi connectivity index (χ0n) is 20.5. The van der Waals surface area contributed by atoms with Crippen molar-refractivity contribution in [1.82, 2.24) is 9.55 Å². The number of benzene rings is 2. The molecule has 3 amide bonds. The number of ether oxygens (including phenoxy) is 1. The molecule has 0 saturated carbocycles. The van der Waals surface area contributed by atoms with Crippen LogP contribution in [0.5, 0.6) is 0 Å².